The van der Waals surface area contributed by atoms with E-state index in [0.717, 1.165) is 17.1 Å². The Morgan fingerprint density at radius 2 is 1.87 bits per heavy atom. The first-order valence-electron chi connectivity index (χ1n) is 6.96. The smallest absolute Gasteiger partial charge is 0.336 e. The van der Waals surface area contributed by atoms with E-state index in [-0.39, 0.29) is 5.24 Å². The van der Waals surface area contributed by atoms with Crippen molar-refractivity contribution < 1.29 is 18.7 Å². The third-order valence-corrected chi connectivity index (χ3v) is 4.45. The van der Waals surface area contributed by atoms with Crippen molar-refractivity contribution in [2.45, 2.75) is 17.6 Å². The number of nitrogens with zero attached hydrogens (tertiary/aromatic N) is 1. The molecule has 2 aromatic rings. The Labute approximate surface area is 138 Å². The number of thioether (sulfide) groups is 1. The largest absolute Gasteiger partial charge is 0.422 e. The number of fused-ring (bicyclic) bond motifs is 1. The zero-order valence-corrected chi connectivity index (χ0v) is 14.3. The van der Waals surface area contributed by atoms with E-state index in [1.807, 2.05) is 12.1 Å². The lowest BCUT2D eigenvalue weighted by Gasteiger charge is -2.17. The first kappa shape index (κ1) is 17.5. The van der Waals surface area contributed by atoms with E-state index in [9.17, 15) is 9.59 Å². The molecule has 0 saturated heterocycles. The number of ether oxygens (including phenoxy) is 2. The number of methoxy groups -OCH3 is 2. The van der Waals surface area contributed by atoms with Crippen molar-refractivity contribution in [2.24, 2.45) is 0 Å². The molecule has 124 valence electrons. The van der Waals surface area contributed by atoms with Gasteiger partial charge >= 0.3 is 5.63 Å². The number of hydrogen-bond donors (Lipinski definition) is 0. The maximum absolute atomic E-state index is 12.0. The summed E-state index contributed by atoms with van der Waals surface area (Å²) in [5, 5.41) is 0.669. The maximum atomic E-state index is 12.0. The third-order valence-electron chi connectivity index (χ3n) is 3.31. The van der Waals surface area contributed by atoms with Crippen LogP contribution in [0.25, 0.3) is 11.0 Å². The minimum Gasteiger partial charge on any atom is -0.422 e. The molecule has 0 aliphatic rings. The van der Waals surface area contributed by atoms with E-state index in [4.69, 9.17) is 13.9 Å². The number of carbonyl (C=O) groups is 1. The Morgan fingerprint density at radius 1 is 1.22 bits per heavy atom. The van der Waals surface area contributed by atoms with Crippen molar-refractivity contribution in [1.29, 1.82) is 0 Å². The standard InChI is InChI=1S/C16H19NO5S/c1-17(2)16(19)23-12-7-5-10-6-8-13(18)22-15(10)11(12)9-14(20-3)21-4/h5-8,14H,9H2,1-4H3. The lowest BCUT2D eigenvalue weighted by molar-refractivity contribution is -0.100. The van der Waals surface area contributed by atoms with Gasteiger partial charge in [0.15, 0.2) is 6.29 Å². The highest BCUT2D eigenvalue weighted by Crippen LogP contribution is 2.31. The molecular weight excluding hydrogens is 318 g/mol. The summed E-state index contributed by atoms with van der Waals surface area (Å²) in [6, 6.07) is 6.73. The number of rotatable bonds is 5. The van der Waals surface area contributed by atoms with Gasteiger partial charge in [-0.15, -0.1) is 0 Å². The van der Waals surface area contributed by atoms with Gasteiger partial charge in [-0.1, -0.05) is 6.07 Å². The fourth-order valence-electron chi connectivity index (χ4n) is 2.08. The van der Waals surface area contributed by atoms with Crippen molar-refractivity contribution in [3.05, 3.63) is 40.2 Å². The van der Waals surface area contributed by atoms with E-state index < -0.39 is 11.9 Å². The second-order valence-electron chi connectivity index (χ2n) is 5.08. The third kappa shape index (κ3) is 4.13. The summed E-state index contributed by atoms with van der Waals surface area (Å²) in [6.45, 7) is 0. The van der Waals surface area contributed by atoms with Crippen molar-refractivity contribution in [3.63, 3.8) is 0 Å². The van der Waals surface area contributed by atoms with E-state index >= 15 is 0 Å². The Hall–Kier alpha value is -1.83. The van der Waals surface area contributed by atoms with Crippen LogP contribution in [0.3, 0.4) is 0 Å². The number of benzene rings is 1. The average molecular weight is 337 g/mol. The van der Waals surface area contributed by atoms with Crippen LogP contribution in [-0.4, -0.2) is 44.7 Å². The van der Waals surface area contributed by atoms with Crippen LogP contribution in [0.4, 0.5) is 4.79 Å². The summed E-state index contributed by atoms with van der Waals surface area (Å²) < 4.78 is 15.8. The summed E-state index contributed by atoms with van der Waals surface area (Å²) in [5.41, 5.74) is 0.730. The van der Waals surface area contributed by atoms with Crippen LogP contribution in [0, 0.1) is 0 Å². The van der Waals surface area contributed by atoms with Gasteiger partial charge < -0.3 is 18.8 Å². The lowest BCUT2D eigenvalue weighted by Crippen LogP contribution is -2.19. The van der Waals surface area contributed by atoms with Crippen LogP contribution in [0.1, 0.15) is 5.56 Å². The molecule has 0 saturated carbocycles. The maximum Gasteiger partial charge on any atom is 0.336 e. The van der Waals surface area contributed by atoms with Gasteiger partial charge in [0, 0.05) is 56.6 Å². The van der Waals surface area contributed by atoms with Gasteiger partial charge in [0.25, 0.3) is 5.24 Å². The summed E-state index contributed by atoms with van der Waals surface area (Å²) in [5.74, 6) is 0. The molecule has 0 fully saturated rings. The van der Waals surface area contributed by atoms with Crippen LogP contribution in [0.15, 0.2) is 38.4 Å². The van der Waals surface area contributed by atoms with Crippen LogP contribution in [-0.2, 0) is 15.9 Å². The van der Waals surface area contributed by atoms with E-state index in [2.05, 4.69) is 0 Å². The Balaban J connectivity index is 2.56. The molecule has 0 spiro atoms. The Bertz CT molecular complexity index is 752. The van der Waals surface area contributed by atoms with Gasteiger partial charge in [0.2, 0.25) is 0 Å². The minimum atomic E-state index is -0.500. The van der Waals surface area contributed by atoms with Crippen molar-refractivity contribution >= 4 is 28.0 Å². The van der Waals surface area contributed by atoms with Gasteiger partial charge in [0.05, 0.1) is 0 Å². The average Bonchev–Trinajstić information content (AvgIpc) is 2.53. The summed E-state index contributed by atoms with van der Waals surface area (Å²) in [4.78, 5) is 25.8. The predicted octanol–water partition coefficient (Wildman–Crippen LogP) is 2.73. The van der Waals surface area contributed by atoms with Gasteiger partial charge in [-0.25, -0.2) is 4.79 Å². The van der Waals surface area contributed by atoms with Gasteiger partial charge in [0.1, 0.15) is 5.58 Å². The van der Waals surface area contributed by atoms with Crippen LogP contribution >= 0.6 is 11.8 Å². The molecule has 0 atom stereocenters. The van der Waals surface area contributed by atoms with Crippen LogP contribution in [0.2, 0.25) is 0 Å². The summed E-state index contributed by atoms with van der Waals surface area (Å²) in [7, 11) is 6.44. The molecule has 0 aliphatic carbocycles. The molecule has 0 radical (unpaired) electrons. The molecule has 0 N–H and O–H groups in total. The van der Waals surface area contributed by atoms with E-state index in [0.29, 0.717) is 22.5 Å². The number of hydrogen-bond acceptors (Lipinski definition) is 6. The summed E-state index contributed by atoms with van der Waals surface area (Å²) in [6.07, 6.45) is -0.139. The second kappa shape index (κ2) is 7.63. The molecule has 1 aromatic heterocycles. The fraction of sp³-hybridized carbons (Fsp3) is 0.375. The Kier molecular flexibility index (Phi) is 5.81. The first-order chi connectivity index (χ1) is 11.0. The molecule has 0 aliphatic heterocycles. The summed E-state index contributed by atoms with van der Waals surface area (Å²) >= 11 is 1.08. The molecule has 23 heavy (non-hydrogen) atoms. The normalized spacial score (nSPS) is 11.2. The van der Waals surface area contributed by atoms with Gasteiger partial charge in [-0.05, 0) is 23.9 Å². The number of carbonyl (C=O) groups excluding carboxylic acids is 1. The molecular formula is C16H19NO5S. The monoisotopic (exact) mass is 337 g/mol. The number of amides is 1. The fourth-order valence-corrected chi connectivity index (χ4v) is 2.88. The molecule has 0 bridgehead atoms. The van der Waals surface area contributed by atoms with Gasteiger partial charge in [-0.2, -0.15) is 0 Å². The second-order valence-corrected chi connectivity index (χ2v) is 6.08. The molecule has 2 rings (SSSR count). The highest BCUT2D eigenvalue weighted by atomic mass is 32.2. The quantitative estimate of drug-likeness (QED) is 0.475. The van der Waals surface area contributed by atoms with E-state index in [1.165, 1.54) is 25.2 Å². The lowest BCUT2D eigenvalue weighted by atomic mass is 10.1. The first-order valence-corrected chi connectivity index (χ1v) is 7.78. The topological polar surface area (TPSA) is 69.0 Å². The predicted molar refractivity (Wildman–Crippen MR) is 88.9 cm³/mol. The molecule has 0 unspecified atom stereocenters. The Morgan fingerprint density at radius 3 is 2.48 bits per heavy atom. The molecule has 7 heteroatoms. The van der Waals surface area contributed by atoms with Crippen LogP contribution in [0.5, 0.6) is 0 Å². The van der Waals surface area contributed by atoms with Crippen LogP contribution < -0.4 is 5.63 Å². The van der Waals surface area contributed by atoms with Crippen molar-refractivity contribution in [1.82, 2.24) is 4.90 Å². The minimum absolute atomic E-state index is 0.115. The van der Waals surface area contributed by atoms with Gasteiger partial charge in [-0.3, -0.25) is 4.79 Å². The zero-order valence-electron chi connectivity index (χ0n) is 13.5. The van der Waals surface area contributed by atoms with Crippen molar-refractivity contribution in [2.75, 3.05) is 28.3 Å². The highest BCUT2D eigenvalue weighted by Gasteiger charge is 2.19. The SMILES string of the molecule is COC(Cc1c(SC(=O)N(C)C)ccc2ccc(=O)oc12)OC. The molecule has 6 nitrogen and oxygen atoms in total. The molecule has 1 aromatic carbocycles. The van der Waals surface area contributed by atoms with E-state index in [1.54, 1.807) is 20.2 Å². The highest BCUT2D eigenvalue weighted by molar-refractivity contribution is 8.13. The van der Waals surface area contributed by atoms with Crippen molar-refractivity contribution in [3.8, 4) is 0 Å². The zero-order chi connectivity index (χ0) is 17.0. The molecule has 1 amide bonds. The molecule has 1 heterocycles.